The molecule has 0 fully saturated rings. The van der Waals surface area contributed by atoms with Crippen LogP contribution in [0.4, 0.5) is 5.82 Å². The van der Waals surface area contributed by atoms with Gasteiger partial charge in [-0.05, 0) is 40.9 Å². The van der Waals surface area contributed by atoms with Crippen LogP contribution in [0.5, 0.6) is 0 Å². The van der Waals surface area contributed by atoms with Gasteiger partial charge in [0.05, 0.1) is 6.61 Å². The molecule has 0 aliphatic carbocycles. The maximum Gasteiger partial charge on any atom is 0.128 e. The van der Waals surface area contributed by atoms with E-state index in [2.05, 4.69) is 45.7 Å². The van der Waals surface area contributed by atoms with Crippen LogP contribution in [-0.4, -0.2) is 31.3 Å². The van der Waals surface area contributed by atoms with Crippen LogP contribution in [0.25, 0.3) is 0 Å². The molecule has 0 aliphatic heterocycles. The summed E-state index contributed by atoms with van der Waals surface area (Å²) < 4.78 is 6.19. The van der Waals surface area contributed by atoms with Crippen LogP contribution in [0.15, 0.2) is 22.8 Å². The van der Waals surface area contributed by atoms with Gasteiger partial charge in [-0.15, -0.1) is 0 Å². The first-order valence-corrected chi connectivity index (χ1v) is 6.89. The summed E-state index contributed by atoms with van der Waals surface area (Å²) in [5, 5.41) is 0. The fraction of sp³-hybridized carbons (Fsp3) is 0.615. The van der Waals surface area contributed by atoms with Crippen molar-refractivity contribution in [2.24, 2.45) is 0 Å². The predicted octanol–water partition coefficient (Wildman–Crippen LogP) is 3.49. The van der Waals surface area contributed by atoms with Gasteiger partial charge in [0, 0.05) is 30.4 Å². The van der Waals surface area contributed by atoms with Crippen LogP contribution in [-0.2, 0) is 4.74 Å². The van der Waals surface area contributed by atoms with Crippen LogP contribution >= 0.6 is 15.9 Å². The minimum absolute atomic E-state index is 0.527. The number of pyridine rings is 1. The van der Waals surface area contributed by atoms with Gasteiger partial charge in [-0.2, -0.15) is 0 Å². The summed E-state index contributed by atoms with van der Waals surface area (Å²) in [6.45, 7) is 6.05. The number of halogens is 1. The molecule has 0 saturated carbocycles. The van der Waals surface area contributed by atoms with Crippen molar-refractivity contribution >= 4 is 21.7 Å². The Morgan fingerprint density at radius 2 is 2.06 bits per heavy atom. The molecule has 0 saturated heterocycles. The van der Waals surface area contributed by atoms with Crippen LogP contribution < -0.4 is 4.90 Å². The first-order valence-electron chi connectivity index (χ1n) is 6.10. The molecule has 1 aromatic rings. The van der Waals surface area contributed by atoms with Gasteiger partial charge in [0.25, 0.3) is 0 Å². The molecule has 1 rings (SSSR count). The third-order valence-electron chi connectivity index (χ3n) is 2.93. The maximum absolute atomic E-state index is 5.18. The third kappa shape index (κ3) is 4.28. The van der Waals surface area contributed by atoms with Gasteiger partial charge in [0.1, 0.15) is 5.82 Å². The normalized spacial score (nSPS) is 10.9. The highest BCUT2D eigenvalue weighted by Crippen LogP contribution is 2.19. The first kappa shape index (κ1) is 14.5. The van der Waals surface area contributed by atoms with Gasteiger partial charge in [0.2, 0.25) is 0 Å². The quantitative estimate of drug-likeness (QED) is 0.771. The summed E-state index contributed by atoms with van der Waals surface area (Å²) in [4.78, 5) is 6.80. The Morgan fingerprint density at radius 3 is 2.53 bits per heavy atom. The van der Waals surface area contributed by atoms with Gasteiger partial charge in [-0.3, -0.25) is 0 Å². The highest BCUT2D eigenvalue weighted by atomic mass is 79.9. The van der Waals surface area contributed by atoms with Gasteiger partial charge in [-0.25, -0.2) is 4.98 Å². The molecular formula is C13H21BrN2O. The van der Waals surface area contributed by atoms with Gasteiger partial charge < -0.3 is 9.64 Å². The Morgan fingerprint density at radius 1 is 1.35 bits per heavy atom. The van der Waals surface area contributed by atoms with Gasteiger partial charge >= 0.3 is 0 Å². The number of nitrogens with zero attached hydrogens (tertiary/aromatic N) is 2. The molecule has 0 bridgehead atoms. The van der Waals surface area contributed by atoms with Crippen molar-refractivity contribution < 1.29 is 4.74 Å². The molecule has 0 N–H and O–H groups in total. The van der Waals surface area contributed by atoms with Crippen molar-refractivity contribution in [3.63, 3.8) is 0 Å². The second-order valence-corrected chi connectivity index (χ2v) is 4.91. The van der Waals surface area contributed by atoms with Crippen molar-refractivity contribution in [3.8, 4) is 0 Å². The highest BCUT2D eigenvalue weighted by Gasteiger charge is 2.16. The van der Waals surface area contributed by atoms with Crippen molar-refractivity contribution in [2.45, 2.75) is 32.7 Å². The Balaban J connectivity index is 2.84. The van der Waals surface area contributed by atoms with Gasteiger partial charge in [0.15, 0.2) is 0 Å². The van der Waals surface area contributed by atoms with E-state index >= 15 is 0 Å². The lowest BCUT2D eigenvalue weighted by Gasteiger charge is -2.31. The molecule has 0 spiro atoms. The summed E-state index contributed by atoms with van der Waals surface area (Å²) >= 11 is 3.41. The van der Waals surface area contributed by atoms with E-state index in [0.717, 1.165) is 36.3 Å². The molecule has 1 aromatic heterocycles. The Bertz CT molecular complexity index is 312. The van der Waals surface area contributed by atoms with Crippen LogP contribution in [0.1, 0.15) is 26.7 Å². The lowest BCUT2D eigenvalue weighted by atomic mass is 10.1. The Hall–Kier alpha value is -0.610. The molecule has 0 unspecified atom stereocenters. The molecule has 0 radical (unpaired) electrons. The minimum atomic E-state index is 0.527. The van der Waals surface area contributed by atoms with Crippen molar-refractivity contribution in [2.75, 3.05) is 25.2 Å². The number of hydrogen-bond acceptors (Lipinski definition) is 3. The van der Waals surface area contributed by atoms with E-state index in [1.54, 1.807) is 7.11 Å². The lowest BCUT2D eigenvalue weighted by molar-refractivity contribution is 0.202. The molecule has 3 nitrogen and oxygen atoms in total. The second-order valence-electron chi connectivity index (χ2n) is 3.99. The average Bonchev–Trinajstić information content (AvgIpc) is 2.36. The molecule has 0 aliphatic rings. The fourth-order valence-corrected chi connectivity index (χ4v) is 2.18. The Labute approximate surface area is 112 Å². The molecule has 0 amide bonds. The zero-order valence-corrected chi connectivity index (χ0v) is 12.4. The molecular weight excluding hydrogens is 280 g/mol. The number of anilines is 1. The van der Waals surface area contributed by atoms with Gasteiger partial charge in [-0.1, -0.05) is 13.8 Å². The Kier molecular flexibility index (Phi) is 6.52. The van der Waals surface area contributed by atoms with Crippen molar-refractivity contribution in [1.82, 2.24) is 4.98 Å². The van der Waals surface area contributed by atoms with Crippen molar-refractivity contribution in [3.05, 3.63) is 22.8 Å². The summed E-state index contributed by atoms with van der Waals surface area (Å²) in [6, 6.07) is 4.61. The third-order valence-corrected chi connectivity index (χ3v) is 3.39. The van der Waals surface area contributed by atoms with Crippen LogP contribution in [0, 0.1) is 0 Å². The van der Waals surface area contributed by atoms with E-state index < -0.39 is 0 Å². The molecule has 1 heterocycles. The first-order chi connectivity index (χ1) is 8.22. The number of ether oxygens (including phenoxy) is 1. The van der Waals surface area contributed by atoms with E-state index in [4.69, 9.17) is 4.74 Å². The van der Waals surface area contributed by atoms with E-state index in [-0.39, 0.29) is 0 Å². The highest BCUT2D eigenvalue weighted by molar-refractivity contribution is 9.10. The summed E-state index contributed by atoms with van der Waals surface area (Å²) in [7, 11) is 1.74. The average molecular weight is 301 g/mol. The summed E-state index contributed by atoms with van der Waals surface area (Å²) in [5.41, 5.74) is 0. The van der Waals surface area contributed by atoms with Crippen molar-refractivity contribution in [1.29, 1.82) is 0 Å². The van der Waals surface area contributed by atoms with Crippen LogP contribution in [0.3, 0.4) is 0 Å². The SMILES string of the molecule is CCC(CC)N(CCOC)c1ccc(Br)cn1. The summed E-state index contributed by atoms with van der Waals surface area (Å²) in [5.74, 6) is 1.03. The second kappa shape index (κ2) is 7.67. The zero-order valence-electron chi connectivity index (χ0n) is 10.8. The number of rotatable bonds is 7. The van der Waals surface area contributed by atoms with Crippen LogP contribution in [0.2, 0.25) is 0 Å². The molecule has 96 valence electrons. The molecule has 0 aromatic carbocycles. The lowest BCUT2D eigenvalue weighted by Crippen LogP contribution is -2.37. The van der Waals surface area contributed by atoms with E-state index in [1.165, 1.54) is 0 Å². The molecule has 4 heteroatoms. The summed E-state index contributed by atoms with van der Waals surface area (Å²) in [6.07, 6.45) is 4.09. The number of methoxy groups -OCH3 is 1. The van der Waals surface area contributed by atoms with E-state index in [0.29, 0.717) is 6.04 Å². The minimum Gasteiger partial charge on any atom is -0.383 e. The fourth-order valence-electron chi connectivity index (χ4n) is 1.94. The number of hydrogen-bond donors (Lipinski definition) is 0. The molecule has 0 atom stereocenters. The largest absolute Gasteiger partial charge is 0.383 e. The monoisotopic (exact) mass is 300 g/mol. The smallest absolute Gasteiger partial charge is 0.128 e. The zero-order chi connectivity index (χ0) is 12.7. The maximum atomic E-state index is 5.18. The predicted molar refractivity (Wildman–Crippen MR) is 75.5 cm³/mol. The topological polar surface area (TPSA) is 25.4 Å². The van der Waals surface area contributed by atoms with E-state index in [9.17, 15) is 0 Å². The number of aromatic nitrogens is 1. The standard InChI is InChI=1S/C13H21BrN2O/c1-4-12(5-2)16(8-9-17-3)13-7-6-11(14)10-15-13/h6-7,10,12H,4-5,8-9H2,1-3H3. The molecule has 17 heavy (non-hydrogen) atoms. The van der Waals surface area contributed by atoms with E-state index in [1.807, 2.05) is 12.3 Å².